The molecule has 0 saturated heterocycles. The molecule has 0 aromatic heterocycles. The Balaban J connectivity index is 2.79. The lowest BCUT2D eigenvalue weighted by Gasteiger charge is -2.10. The highest BCUT2D eigenvalue weighted by Crippen LogP contribution is 2.11. The van der Waals surface area contributed by atoms with Crippen LogP contribution in [0.5, 0.6) is 5.75 Å². The third-order valence-electron chi connectivity index (χ3n) is 3.96. The van der Waals surface area contributed by atoms with Gasteiger partial charge < -0.3 is 4.74 Å². The van der Waals surface area contributed by atoms with Gasteiger partial charge in [0.05, 0.1) is 0 Å². The van der Waals surface area contributed by atoms with Crippen LogP contribution in [-0.4, -0.2) is 32.0 Å². The van der Waals surface area contributed by atoms with Crippen LogP contribution in [0.3, 0.4) is 0 Å². The molecular weight excluding hydrogens is 436 g/mol. The summed E-state index contributed by atoms with van der Waals surface area (Å²) >= 11 is 0. The highest BCUT2D eigenvalue weighted by Gasteiger charge is 2.17. The number of ketones is 1. The van der Waals surface area contributed by atoms with Gasteiger partial charge in [-0.3, -0.25) is 9.35 Å². The highest BCUT2D eigenvalue weighted by molar-refractivity contribution is 7.80. The van der Waals surface area contributed by atoms with E-state index in [4.69, 9.17) is 9.29 Å². The van der Waals surface area contributed by atoms with Crippen LogP contribution in [0.25, 0.3) is 11.1 Å². The third kappa shape index (κ3) is 5.76. The van der Waals surface area contributed by atoms with Crippen molar-refractivity contribution >= 4 is 27.3 Å². The van der Waals surface area contributed by atoms with Gasteiger partial charge in [0.2, 0.25) is 0 Å². The fourth-order valence-electron chi connectivity index (χ4n) is 2.62. The van der Waals surface area contributed by atoms with Gasteiger partial charge in [0.1, 0.15) is 54.4 Å². The number of benzene rings is 2. The summed E-state index contributed by atoms with van der Waals surface area (Å²) in [6.45, 7) is -1.06. The SMILES string of the molecule is N#CC(C#N)=c1cc(C(=O)c2ccccc2)c(=C(C#N)C#N)cc1OCCOS(=O)(=O)O. The molecule has 0 spiro atoms. The van der Waals surface area contributed by atoms with Crippen molar-refractivity contribution in [3.05, 3.63) is 64.0 Å². The van der Waals surface area contributed by atoms with Crippen LogP contribution in [0.4, 0.5) is 0 Å². The van der Waals surface area contributed by atoms with E-state index in [2.05, 4.69) is 4.18 Å². The van der Waals surface area contributed by atoms with Gasteiger partial charge in [-0.05, 0) is 12.1 Å². The van der Waals surface area contributed by atoms with Crippen molar-refractivity contribution in [1.29, 1.82) is 21.0 Å². The van der Waals surface area contributed by atoms with E-state index >= 15 is 0 Å². The third-order valence-corrected chi connectivity index (χ3v) is 4.42. The number of hydrogen-bond donors (Lipinski definition) is 1. The summed E-state index contributed by atoms with van der Waals surface area (Å²) in [5, 5.41) is 37.1. The minimum atomic E-state index is -4.72. The summed E-state index contributed by atoms with van der Waals surface area (Å²) in [6, 6.07) is 16.9. The van der Waals surface area contributed by atoms with E-state index in [0.29, 0.717) is 0 Å². The van der Waals surface area contributed by atoms with E-state index in [9.17, 15) is 34.3 Å². The molecule has 2 aromatic carbocycles. The van der Waals surface area contributed by atoms with E-state index in [1.807, 2.05) is 0 Å². The summed E-state index contributed by atoms with van der Waals surface area (Å²) in [5.41, 5.74) is -0.736. The molecule has 32 heavy (non-hydrogen) atoms. The Labute approximate surface area is 182 Å². The quantitative estimate of drug-likeness (QED) is 0.355. The molecule has 2 aromatic rings. The van der Waals surface area contributed by atoms with Crippen LogP contribution in [0, 0.1) is 45.3 Å². The van der Waals surface area contributed by atoms with Crippen LogP contribution < -0.4 is 15.2 Å². The lowest BCUT2D eigenvalue weighted by Crippen LogP contribution is -2.26. The molecule has 0 atom stereocenters. The molecule has 0 aliphatic rings. The second-order valence-corrected chi connectivity index (χ2v) is 6.98. The average Bonchev–Trinajstić information content (AvgIpc) is 2.78. The standard InChI is InChI=1S/C21H12N4O6S/c22-10-15(11-23)17-9-20(30-6-7-31-32(27,28)29)18(16(12-24)13-25)8-19(17)21(26)14-4-2-1-3-5-14/h1-5,8-9H,6-7H2,(H,27,28,29). The van der Waals surface area contributed by atoms with Crippen molar-refractivity contribution in [2.24, 2.45) is 0 Å². The molecule has 0 amide bonds. The maximum absolute atomic E-state index is 13.1. The molecule has 11 heteroatoms. The number of hydrogen-bond acceptors (Lipinski definition) is 9. The zero-order chi connectivity index (χ0) is 23.7. The molecule has 2 rings (SSSR count). The summed E-state index contributed by atoms with van der Waals surface area (Å²) < 4.78 is 39.4. The molecule has 0 aliphatic carbocycles. The maximum atomic E-state index is 13.1. The molecule has 0 radical (unpaired) electrons. The normalized spacial score (nSPS) is 10.0. The van der Waals surface area contributed by atoms with Gasteiger partial charge in [-0.2, -0.15) is 29.5 Å². The van der Waals surface area contributed by atoms with E-state index in [-0.39, 0.29) is 27.3 Å². The van der Waals surface area contributed by atoms with Gasteiger partial charge in [0, 0.05) is 21.6 Å². The number of carbonyl (C=O) groups excluding carboxylic acids is 1. The number of rotatable bonds is 7. The Hall–Kier alpha value is -4.52. The Morgan fingerprint density at radius 3 is 1.97 bits per heavy atom. The Morgan fingerprint density at radius 1 is 0.875 bits per heavy atom. The minimum absolute atomic E-state index is 0.103. The molecule has 10 nitrogen and oxygen atoms in total. The highest BCUT2D eigenvalue weighted by atomic mass is 32.3. The summed E-state index contributed by atoms with van der Waals surface area (Å²) in [4.78, 5) is 13.1. The van der Waals surface area contributed by atoms with Gasteiger partial charge >= 0.3 is 10.4 Å². The van der Waals surface area contributed by atoms with Gasteiger partial charge in [-0.25, -0.2) is 4.18 Å². The Morgan fingerprint density at radius 2 is 1.44 bits per heavy atom. The maximum Gasteiger partial charge on any atom is 0.397 e. The molecule has 0 fully saturated rings. The number of nitrogens with zero attached hydrogens (tertiary/aromatic N) is 4. The van der Waals surface area contributed by atoms with Crippen molar-refractivity contribution in [1.82, 2.24) is 0 Å². The monoisotopic (exact) mass is 448 g/mol. The van der Waals surface area contributed by atoms with E-state index in [1.165, 1.54) is 12.1 Å². The van der Waals surface area contributed by atoms with Crippen LogP contribution in [0.2, 0.25) is 0 Å². The lowest BCUT2D eigenvalue weighted by molar-refractivity contribution is 0.103. The Kier molecular flexibility index (Phi) is 7.79. The summed E-state index contributed by atoms with van der Waals surface area (Å²) in [7, 11) is -4.72. The number of carbonyl (C=O) groups is 1. The first kappa shape index (κ1) is 23.8. The lowest BCUT2D eigenvalue weighted by atomic mass is 9.97. The summed E-state index contributed by atoms with van der Waals surface area (Å²) in [6.07, 6.45) is 0. The van der Waals surface area contributed by atoms with Crippen LogP contribution in [-0.2, 0) is 14.6 Å². The first-order valence-corrected chi connectivity index (χ1v) is 9.99. The van der Waals surface area contributed by atoms with E-state index < -0.39 is 40.5 Å². The van der Waals surface area contributed by atoms with Gasteiger partial charge in [0.25, 0.3) is 0 Å². The average molecular weight is 448 g/mol. The van der Waals surface area contributed by atoms with Crippen molar-refractivity contribution in [2.45, 2.75) is 0 Å². The molecule has 1 N–H and O–H groups in total. The molecule has 0 heterocycles. The number of nitriles is 4. The molecule has 0 saturated carbocycles. The van der Waals surface area contributed by atoms with Crippen molar-refractivity contribution in [2.75, 3.05) is 13.2 Å². The predicted octanol–water partition coefficient (Wildman–Crippen LogP) is 0.512. The van der Waals surface area contributed by atoms with Gasteiger partial charge in [-0.15, -0.1) is 0 Å². The molecule has 0 bridgehead atoms. The van der Waals surface area contributed by atoms with Gasteiger partial charge in [0.15, 0.2) is 5.78 Å². The van der Waals surface area contributed by atoms with E-state index in [1.54, 1.807) is 42.5 Å². The van der Waals surface area contributed by atoms with Crippen molar-refractivity contribution in [3.63, 3.8) is 0 Å². The van der Waals surface area contributed by atoms with Gasteiger partial charge in [-0.1, -0.05) is 30.3 Å². The van der Waals surface area contributed by atoms with Crippen LogP contribution in [0.15, 0.2) is 42.5 Å². The van der Waals surface area contributed by atoms with Crippen molar-refractivity contribution in [3.8, 4) is 30.0 Å². The summed E-state index contributed by atoms with van der Waals surface area (Å²) in [5.74, 6) is -0.744. The minimum Gasteiger partial charge on any atom is -0.490 e. The second kappa shape index (κ2) is 10.5. The number of ether oxygens (including phenoxy) is 1. The smallest absolute Gasteiger partial charge is 0.397 e. The molecule has 0 unspecified atom stereocenters. The fourth-order valence-corrected chi connectivity index (χ4v) is 2.89. The molecular formula is C21H12N4O6S. The topological polar surface area (TPSA) is 185 Å². The van der Waals surface area contributed by atoms with Crippen molar-refractivity contribution < 1.29 is 26.7 Å². The zero-order valence-corrected chi connectivity index (χ0v) is 17.0. The predicted molar refractivity (Wildman–Crippen MR) is 108 cm³/mol. The van der Waals surface area contributed by atoms with Crippen LogP contribution >= 0.6 is 0 Å². The van der Waals surface area contributed by atoms with Crippen LogP contribution in [0.1, 0.15) is 15.9 Å². The molecule has 158 valence electrons. The largest absolute Gasteiger partial charge is 0.490 e. The zero-order valence-electron chi connectivity index (χ0n) is 16.1. The van der Waals surface area contributed by atoms with E-state index in [0.717, 1.165) is 12.1 Å². The fraction of sp³-hybridized carbons (Fsp3) is 0.0952. The Bertz CT molecular complexity index is 1420. The first-order chi connectivity index (χ1) is 15.3. The molecule has 0 aliphatic heterocycles. The first-order valence-electron chi connectivity index (χ1n) is 8.63. The second-order valence-electron chi connectivity index (χ2n) is 5.88.